The highest BCUT2D eigenvalue weighted by Gasteiger charge is 2.38. The third kappa shape index (κ3) is 4.98. The topological polar surface area (TPSA) is 77.0 Å². The molecule has 0 unspecified atom stereocenters. The highest BCUT2D eigenvalue weighted by molar-refractivity contribution is 5.10. The first-order chi connectivity index (χ1) is 13.0. The van der Waals surface area contributed by atoms with Gasteiger partial charge in [0.2, 0.25) is 5.89 Å². The van der Waals surface area contributed by atoms with E-state index in [2.05, 4.69) is 19.6 Å². The predicted octanol–water partition coefficient (Wildman–Crippen LogP) is 2.85. The molecule has 2 aromatic heterocycles. The molecule has 1 aliphatic rings. The summed E-state index contributed by atoms with van der Waals surface area (Å²) < 4.78 is 43.9. The van der Waals surface area contributed by atoms with E-state index in [4.69, 9.17) is 0 Å². The van der Waals surface area contributed by atoms with Crippen LogP contribution in [0.5, 0.6) is 0 Å². The Kier molecular flexibility index (Phi) is 5.60. The van der Waals surface area contributed by atoms with Crippen molar-refractivity contribution in [3.63, 3.8) is 0 Å². The van der Waals surface area contributed by atoms with Crippen molar-refractivity contribution in [1.82, 2.24) is 24.6 Å². The summed E-state index contributed by atoms with van der Waals surface area (Å²) in [5.41, 5.74) is 0.527. The average Bonchev–Trinajstić information content (AvgIpc) is 3.06. The minimum Gasteiger partial charge on any atom is -0.416 e. The van der Waals surface area contributed by atoms with E-state index >= 15 is 0 Å². The number of hydrogen-bond donors (Lipinski definition) is 0. The third-order valence-electron chi connectivity index (χ3n) is 4.88. The van der Waals surface area contributed by atoms with E-state index in [0.29, 0.717) is 25.6 Å². The smallest absolute Gasteiger partial charge is 0.416 e. The van der Waals surface area contributed by atoms with Gasteiger partial charge < -0.3 is 4.42 Å². The van der Waals surface area contributed by atoms with Crippen LogP contribution in [0.15, 0.2) is 21.6 Å². The van der Waals surface area contributed by atoms with Crippen LogP contribution in [0.4, 0.5) is 13.2 Å². The number of halogens is 3. The van der Waals surface area contributed by atoms with E-state index in [1.807, 2.05) is 25.7 Å². The van der Waals surface area contributed by atoms with Crippen LogP contribution >= 0.6 is 0 Å². The first-order valence-electron chi connectivity index (χ1n) is 9.21. The average molecular weight is 399 g/mol. The van der Waals surface area contributed by atoms with Crippen LogP contribution < -0.4 is 5.56 Å². The van der Waals surface area contributed by atoms with Gasteiger partial charge in [0.05, 0.1) is 18.6 Å². The van der Waals surface area contributed by atoms with Gasteiger partial charge >= 0.3 is 12.1 Å². The van der Waals surface area contributed by atoms with Crippen molar-refractivity contribution < 1.29 is 17.6 Å². The van der Waals surface area contributed by atoms with Gasteiger partial charge in [0.1, 0.15) is 0 Å². The Balaban J connectivity index is 1.53. The number of nitrogens with zero attached hydrogens (tertiary/aromatic N) is 5. The molecule has 0 radical (unpaired) electrons. The summed E-state index contributed by atoms with van der Waals surface area (Å²) in [6, 6.07) is 1.59. The van der Waals surface area contributed by atoms with E-state index in [-0.39, 0.29) is 23.4 Å². The van der Waals surface area contributed by atoms with Crippen LogP contribution in [0.2, 0.25) is 0 Å². The summed E-state index contributed by atoms with van der Waals surface area (Å²) in [5.74, 6) is -1.04. The van der Waals surface area contributed by atoms with E-state index in [1.54, 1.807) is 17.0 Å². The van der Waals surface area contributed by atoms with E-state index in [9.17, 15) is 18.0 Å². The van der Waals surface area contributed by atoms with Crippen LogP contribution in [-0.2, 0) is 24.7 Å². The second-order valence-electron chi connectivity index (χ2n) is 8.23. The van der Waals surface area contributed by atoms with Gasteiger partial charge in [0, 0.05) is 18.0 Å². The van der Waals surface area contributed by atoms with Crippen molar-refractivity contribution >= 4 is 0 Å². The van der Waals surface area contributed by atoms with Crippen LogP contribution in [-0.4, -0.2) is 37.7 Å². The lowest BCUT2D eigenvalue weighted by Crippen LogP contribution is -2.36. The molecule has 0 bridgehead atoms. The molecule has 1 aliphatic heterocycles. The monoisotopic (exact) mass is 399 g/mol. The normalized spacial score (nSPS) is 17.2. The number of piperidine rings is 1. The van der Waals surface area contributed by atoms with E-state index in [0.717, 1.165) is 18.5 Å². The molecule has 10 heteroatoms. The maximum Gasteiger partial charge on any atom is 0.470 e. The summed E-state index contributed by atoms with van der Waals surface area (Å²) in [6.45, 7) is 8.19. The largest absolute Gasteiger partial charge is 0.470 e. The number of alkyl halides is 3. The van der Waals surface area contributed by atoms with E-state index in [1.165, 1.54) is 0 Å². The Morgan fingerprint density at radius 2 is 1.86 bits per heavy atom. The Morgan fingerprint density at radius 3 is 2.39 bits per heavy atom. The highest BCUT2D eigenvalue weighted by Crippen LogP contribution is 2.28. The molecule has 3 heterocycles. The van der Waals surface area contributed by atoms with Crippen molar-refractivity contribution in [2.45, 2.75) is 58.3 Å². The summed E-state index contributed by atoms with van der Waals surface area (Å²) in [4.78, 5) is 18.7. The van der Waals surface area contributed by atoms with Crippen LogP contribution in [0.1, 0.15) is 51.1 Å². The summed E-state index contributed by atoms with van der Waals surface area (Å²) in [6.07, 6.45) is -1.37. The summed E-state index contributed by atoms with van der Waals surface area (Å²) >= 11 is 0. The van der Waals surface area contributed by atoms with Gasteiger partial charge in [0.25, 0.3) is 5.56 Å². The maximum atomic E-state index is 12.5. The van der Waals surface area contributed by atoms with Crippen molar-refractivity contribution in [1.29, 1.82) is 0 Å². The zero-order valence-corrected chi connectivity index (χ0v) is 16.2. The van der Waals surface area contributed by atoms with Crippen LogP contribution in [0.25, 0.3) is 0 Å². The number of likely N-dealkylation sites (tertiary alicyclic amines) is 1. The van der Waals surface area contributed by atoms with Gasteiger partial charge in [-0.15, -0.1) is 10.2 Å². The molecular weight excluding hydrogens is 375 g/mol. The quantitative estimate of drug-likeness (QED) is 0.787. The first kappa shape index (κ1) is 20.5. The molecule has 2 aromatic rings. The zero-order valence-electron chi connectivity index (χ0n) is 16.2. The Labute approximate surface area is 160 Å². The van der Waals surface area contributed by atoms with Gasteiger partial charge in [-0.25, -0.2) is 4.98 Å². The molecule has 0 aromatic carbocycles. The minimum absolute atomic E-state index is 0.0380. The summed E-state index contributed by atoms with van der Waals surface area (Å²) in [7, 11) is 0. The molecule has 0 atom stereocenters. The molecular formula is C18H24F3N5O2. The Bertz CT molecular complexity index is 861. The van der Waals surface area contributed by atoms with Crippen molar-refractivity contribution in [3.8, 4) is 0 Å². The molecule has 0 aliphatic carbocycles. The lowest BCUT2D eigenvalue weighted by molar-refractivity contribution is -0.157. The third-order valence-corrected chi connectivity index (χ3v) is 4.88. The van der Waals surface area contributed by atoms with Crippen LogP contribution in [0.3, 0.4) is 0 Å². The molecule has 154 valence electrons. The molecule has 7 nitrogen and oxygen atoms in total. The molecule has 0 amide bonds. The predicted molar refractivity (Wildman–Crippen MR) is 94.5 cm³/mol. The molecule has 1 fully saturated rings. The van der Waals surface area contributed by atoms with Crippen molar-refractivity contribution in [3.05, 3.63) is 40.2 Å². The number of hydrogen-bond acceptors (Lipinski definition) is 6. The first-order valence-corrected chi connectivity index (χ1v) is 9.21. The molecule has 0 N–H and O–H groups in total. The zero-order chi connectivity index (χ0) is 20.5. The maximum absolute atomic E-state index is 12.5. The van der Waals surface area contributed by atoms with Crippen molar-refractivity contribution in [2.75, 3.05) is 13.1 Å². The van der Waals surface area contributed by atoms with Gasteiger partial charge in [-0.3, -0.25) is 14.3 Å². The Morgan fingerprint density at radius 1 is 1.18 bits per heavy atom. The van der Waals surface area contributed by atoms with Crippen molar-refractivity contribution in [2.24, 2.45) is 5.92 Å². The molecule has 0 spiro atoms. The fourth-order valence-corrected chi connectivity index (χ4v) is 3.20. The molecule has 3 rings (SSSR count). The Hall–Kier alpha value is -2.23. The fraction of sp³-hybridized carbons (Fsp3) is 0.667. The summed E-state index contributed by atoms with van der Waals surface area (Å²) in [5, 5.41) is 6.52. The van der Waals surface area contributed by atoms with Gasteiger partial charge in [-0.05, 0) is 31.8 Å². The van der Waals surface area contributed by atoms with Gasteiger partial charge in [0.15, 0.2) is 0 Å². The SMILES string of the molecule is CC(C)(C)c1cc(=O)n(CC2CCN(Cc3nnc(C(F)(F)F)o3)CC2)cn1. The van der Waals surface area contributed by atoms with Gasteiger partial charge in [-0.2, -0.15) is 13.2 Å². The fourth-order valence-electron chi connectivity index (χ4n) is 3.20. The molecule has 1 saturated heterocycles. The molecule has 28 heavy (non-hydrogen) atoms. The number of rotatable bonds is 4. The second-order valence-corrected chi connectivity index (χ2v) is 8.23. The molecule has 0 saturated carbocycles. The number of aromatic nitrogens is 4. The van der Waals surface area contributed by atoms with Gasteiger partial charge in [-0.1, -0.05) is 20.8 Å². The lowest BCUT2D eigenvalue weighted by atomic mass is 9.92. The lowest BCUT2D eigenvalue weighted by Gasteiger charge is -2.31. The second kappa shape index (κ2) is 7.65. The van der Waals surface area contributed by atoms with Crippen LogP contribution in [0, 0.1) is 5.92 Å². The minimum atomic E-state index is -4.62. The van der Waals surface area contributed by atoms with E-state index < -0.39 is 12.1 Å². The highest BCUT2D eigenvalue weighted by atomic mass is 19.4. The standard InChI is InChI=1S/C18H24F3N5O2/c1-17(2,3)13-8-15(27)26(11-22-13)9-12-4-6-25(7-5-12)10-14-23-24-16(28-14)18(19,20)21/h8,11-12H,4-7,9-10H2,1-3H3.